The van der Waals surface area contributed by atoms with E-state index >= 15 is 0 Å². The van der Waals surface area contributed by atoms with Crippen LogP contribution in [0, 0.1) is 12.3 Å². The first-order valence-electron chi connectivity index (χ1n) is 7.51. The molecule has 3 heteroatoms. The number of benzene rings is 2. The third-order valence-electron chi connectivity index (χ3n) is 3.83. The molecule has 23 heavy (non-hydrogen) atoms. The summed E-state index contributed by atoms with van der Waals surface area (Å²) in [5.74, 6) is 2.37. The number of hydrogen-bond acceptors (Lipinski definition) is 2. The number of terminal acetylenes is 1. The van der Waals surface area contributed by atoms with Crippen molar-refractivity contribution in [2.24, 2.45) is 0 Å². The van der Waals surface area contributed by atoms with Crippen LogP contribution >= 0.6 is 0 Å². The minimum Gasteiger partial charge on any atom is -0.441 e. The molecule has 1 aliphatic rings. The van der Waals surface area contributed by atoms with Crippen molar-refractivity contribution in [3.8, 4) is 12.3 Å². The van der Waals surface area contributed by atoms with Crippen LogP contribution in [0.3, 0.4) is 0 Å². The first kappa shape index (κ1) is 14.9. The molecule has 3 rings (SSSR count). The van der Waals surface area contributed by atoms with Crippen molar-refractivity contribution in [1.29, 1.82) is 0 Å². The van der Waals surface area contributed by atoms with Crippen molar-refractivity contribution in [1.82, 2.24) is 5.32 Å². The molecule has 0 aromatic heterocycles. The molecule has 0 heterocycles. The van der Waals surface area contributed by atoms with E-state index in [2.05, 4.69) is 35.5 Å². The highest BCUT2D eigenvalue weighted by molar-refractivity contribution is 5.74. The van der Waals surface area contributed by atoms with E-state index < -0.39 is 6.09 Å². The molecule has 0 saturated carbocycles. The van der Waals surface area contributed by atoms with E-state index in [1.807, 2.05) is 36.4 Å². The van der Waals surface area contributed by atoms with Gasteiger partial charge in [0.05, 0.1) is 6.54 Å². The second-order valence-corrected chi connectivity index (χ2v) is 5.32. The number of hydrogen-bond donors (Lipinski definition) is 1. The Morgan fingerprint density at radius 3 is 2.65 bits per heavy atom. The molecule has 0 saturated heterocycles. The molecule has 0 radical (unpaired) electrons. The van der Waals surface area contributed by atoms with Crippen molar-refractivity contribution < 1.29 is 9.53 Å². The number of rotatable bonds is 2. The highest BCUT2D eigenvalue weighted by Crippen LogP contribution is 2.31. The van der Waals surface area contributed by atoms with Crippen LogP contribution in [0.15, 0.2) is 48.5 Å². The molecule has 0 aliphatic heterocycles. The van der Waals surface area contributed by atoms with E-state index in [4.69, 9.17) is 11.2 Å². The molecule has 1 aliphatic carbocycles. The van der Waals surface area contributed by atoms with Gasteiger partial charge in [-0.1, -0.05) is 66.6 Å². The number of ether oxygens (including phenoxy) is 1. The zero-order valence-electron chi connectivity index (χ0n) is 12.7. The van der Waals surface area contributed by atoms with Gasteiger partial charge in [-0.2, -0.15) is 0 Å². The number of alkyl carbamates (subject to hydrolysis) is 1. The standard InChI is InChI=1S/C20H17NO2/c1-2-13-21-20(22)23-19-14-17-9-4-3-7-15(17)11-12-16-8-5-6-10-18(16)19/h1,3-12,19H,13-14H2,(H,21,22)/b12-11-. The van der Waals surface area contributed by atoms with Gasteiger partial charge in [0.25, 0.3) is 0 Å². The molecule has 1 unspecified atom stereocenters. The molecule has 1 atom stereocenters. The average molecular weight is 303 g/mol. The van der Waals surface area contributed by atoms with Crippen molar-refractivity contribution in [2.75, 3.05) is 6.54 Å². The maximum atomic E-state index is 11.9. The fourth-order valence-corrected chi connectivity index (χ4v) is 2.73. The van der Waals surface area contributed by atoms with Crippen molar-refractivity contribution in [2.45, 2.75) is 12.5 Å². The van der Waals surface area contributed by atoms with Gasteiger partial charge >= 0.3 is 6.09 Å². The van der Waals surface area contributed by atoms with Gasteiger partial charge in [0, 0.05) is 12.0 Å². The van der Waals surface area contributed by atoms with Crippen LogP contribution in [0.2, 0.25) is 0 Å². The second kappa shape index (κ2) is 6.85. The van der Waals surface area contributed by atoms with Crippen LogP contribution < -0.4 is 5.32 Å². The summed E-state index contributed by atoms with van der Waals surface area (Å²) in [5, 5.41) is 2.56. The van der Waals surface area contributed by atoms with E-state index in [-0.39, 0.29) is 12.6 Å². The lowest BCUT2D eigenvalue weighted by Gasteiger charge is -2.23. The van der Waals surface area contributed by atoms with Crippen LogP contribution in [0.25, 0.3) is 12.2 Å². The summed E-state index contributed by atoms with van der Waals surface area (Å²) >= 11 is 0. The van der Waals surface area contributed by atoms with Crippen LogP contribution in [0.1, 0.15) is 28.4 Å². The summed E-state index contributed by atoms with van der Waals surface area (Å²) < 4.78 is 5.63. The summed E-state index contributed by atoms with van der Waals surface area (Å²) in [4.78, 5) is 11.9. The zero-order valence-corrected chi connectivity index (χ0v) is 12.7. The van der Waals surface area contributed by atoms with Gasteiger partial charge in [-0.25, -0.2) is 4.79 Å². The molecular formula is C20H17NO2. The molecule has 0 fully saturated rings. The fraction of sp³-hybridized carbons (Fsp3) is 0.150. The van der Waals surface area contributed by atoms with E-state index in [1.165, 1.54) is 0 Å². The SMILES string of the molecule is C#CCNC(=O)OC1Cc2ccccc2/C=C\c2ccccc21. The van der Waals surface area contributed by atoms with Gasteiger partial charge in [-0.3, -0.25) is 0 Å². The molecule has 0 spiro atoms. The number of fused-ring (bicyclic) bond motifs is 2. The molecule has 114 valence electrons. The van der Waals surface area contributed by atoms with Gasteiger partial charge in [-0.15, -0.1) is 6.42 Å². The highest BCUT2D eigenvalue weighted by atomic mass is 16.6. The van der Waals surface area contributed by atoms with Gasteiger partial charge in [0.15, 0.2) is 0 Å². The Labute approximate surface area is 136 Å². The van der Waals surface area contributed by atoms with Crippen molar-refractivity contribution in [3.05, 3.63) is 70.8 Å². The summed E-state index contributed by atoms with van der Waals surface area (Å²) in [7, 11) is 0. The number of amides is 1. The predicted octanol–water partition coefficient (Wildman–Crippen LogP) is 3.81. The molecule has 1 amide bonds. The summed E-state index contributed by atoms with van der Waals surface area (Å²) in [6, 6.07) is 16.1. The average Bonchev–Trinajstić information content (AvgIpc) is 2.57. The third-order valence-corrected chi connectivity index (χ3v) is 3.83. The van der Waals surface area contributed by atoms with Crippen molar-refractivity contribution in [3.63, 3.8) is 0 Å². The number of carbonyl (C=O) groups is 1. The first-order chi connectivity index (χ1) is 11.3. The largest absolute Gasteiger partial charge is 0.441 e. The van der Waals surface area contributed by atoms with Crippen LogP contribution in [-0.2, 0) is 11.2 Å². The topological polar surface area (TPSA) is 38.3 Å². The van der Waals surface area contributed by atoms with Crippen LogP contribution in [-0.4, -0.2) is 12.6 Å². The molecule has 0 bridgehead atoms. The maximum Gasteiger partial charge on any atom is 0.408 e. The first-order valence-corrected chi connectivity index (χ1v) is 7.51. The van der Waals surface area contributed by atoms with Gasteiger partial charge in [-0.05, 0) is 16.7 Å². The summed E-state index contributed by atoms with van der Waals surface area (Å²) in [6.45, 7) is 0.156. The zero-order chi connectivity index (χ0) is 16.1. The van der Waals surface area contributed by atoms with E-state index in [0.29, 0.717) is 6.42 Å². The van der Waals surface area contributed by atoms with Gasteiger partial charge in [0.2, 0.25) is 0 Å². The molecule has 3 nitrogen and oxygen atoms in total. The smallest absolute Gasteiger partial charge is 0.408 e. The summed E-state index contributed by atoms with van der Waals surface area (Å²) in [5.41, 5.74) is 4.33. The van der Waals surface area contributed by atoms with Gasteiger partial charge < -0.3 is 10.1 Å². The Hall–Kier alpha value is -2.99. The Morgan fingerprint density at radius 2 is 1.83 bits per heavy atom. The Bertz CT molecular complexity index is 786. The van der Waals surface area contributed by atoms with Crippen molar-refractivity contribution >= 4 is 18.2 Å². The Kier molecular flexibility index (Phi) is 4.44. The third kappa shape index (κ3) is 3.44. The van der Waals surface area contributed by atoms with Crippen LogP contribution in [0.5, 0.6) is 0 Å². The number of nitrogens with one attached hydrogen (secondary N) is 1. The highest BCUT2D eigenvalue weighted by Gasteiger charge is 2.21. The Balaban J connectivity index is 1.96. The minimum absolute atomic E-state index is 0.156. The normalized spacial score (nSPS) is 16.7. The molecule has 2 aromatic rings. The van der Waals surface area contributed by atoms with Crippen LogP contribution in [0.4, 0.5) is 4.79 Å². The molecule has 2 aromatic carbocycles. The Morgan fingerprint density at radius 1 is 1.13 bits per heavy atom. The minimum atomic E-state index is -0.496. The second-order valence-electron chi connectivity index (χ2n) is 5.32. The lowest BCUT2D eigenvalue weighted by molar-refractivity contribution is 0.0983. The number of carbonyl (C=O) groups excluding carboxylic acids is 1. The molecular weight excluding hydrogens is 286 g/mol. The fourth-order valence-electron chi connectivity index (χ4n) is 2.73. The monoisotopic (exact) mass is 303 g/mol. The van der Waals surface area contributed by atoms with E-state index in [1.54, 1.807) is 0 Å². The predicted molar refractivity (Wildman–Crippen MR) is 91.6 cm³/mol. The molecule has 1 N–H and O–H groups in total. The lowest BCUT2D eigenvalue weighted by Crippen LogP contribution is -2.27. The quantitative estimate of drug-likeness (QED) is 0.857. The van der Waals surface area contributed by atoms with Gasteiger partial charge in [0.1, 0.15) is 6.10 Å². The van der Waals surface area contributed by atoms with E-state index in [0.717, 1.165) is 22.3 Å². The summed E-state index contributed by atoms with van der Waals surface area (Å²) in [6.07, 6.45) is 9.10. The maximum absolute atomic E-state index is 11.9. The van der Waals surface area contributed by atoms with E-state index in [9.17, 15) is 4.79 Å². The lowest BCUT2D eigenvalue weighted by atomic mass is 9.91.